The van der Waals surface area contributed by atoms with E-state index in [1.807, 2.05) is 13.8 Å². The van der Waals surface area contributed by atoms with Crippen molar-refractivity contribution in [2.24, 2.45) is 0 Å². The predicted octanol–water partition coefficient (Wildman–Crippen LogP) is 3.40. The topological polar surface area (TPSA) is 75.7 Å². The minimum atomic E-state index is -3.44. The maximum absolute atomic E-state index is 12.4. The number of hydrogen-bond donors (Lipinski definition) is 1. The van der Waals surface area contributed by atoms with E-state index in [-0.39, 0.29) is 24.6 Å². The highest BCUT2D eigenvalue weighted by Gasteiger charge is 2.29. The van der Waals surface area contributed by atoms with Gasteiger partial charge in [0.1, 0.15) is 5.75 Å². The molecule has 146 valence electrons. The molecule has 1 aromatic rings. The van der Waals surface area contributed by atoms with Gasteiger partial charge in [-0.1, -0.05) is 25.7 Å². The lowest BCUT2D eigenvalue weighted by Crippen LogP contribution is -2.44. The first kappa shape index (κ1) is 20.7. The average Bonchev–Trinajstić information content (AvgIpc) is 2.82. The molecule has 0 spiro atoms. The average molecular weight is 383 g/mol. The molecule has 1 N–H and O–H groups in total. The second kappa shape index (κ2) is 9.37. The van der Waals surface area contributed by atoms with E-state index in [4.69, 9.17) is 4.74 Å². The van der Waals surface area contributed by atoms with Gasteiger partial charge in [-0.3, -0.25) is 4.79 Å². The molecule has 1 aliphatic rings. The lowest BCUT2D eigenvalue weighted by Gasteiger charge is -2.28. The number of anilines is 1. The summed E-state index contributed by atoms with van der Waals surface area (Å²) in [5.74, 6) is 0.409. The van der Waals surface area contributed by atoms with Crippen LogP contribution in [0.15, 0.2) is 24.3 Å². The number of nitrogens with zero attached hydrogens (tertiary/aromatic N) is 1. The lowest BCUT2D eigenvalue weighted by molar-refractivity contribution is -0.116. The zero-order chi connectivity index (χ0) is 19.2. The fourth-order valence-corrected chi connectivity index (χ4v) is 4.40. The van der Waals surface area contributed by atoms with Crippen molar-refractivity contribution in [2.75, 3.05) is 18.1 Å². The van der Waals surface area contributed by atoms with Crippen molar-refractivity contribution in [1.29, 1.82) is 0 Å². The lowest BCUT2D eigenvalue weighted by atomic mass is 10.1. The third kappa shape index (κ3) is 6.61. The molecule has 0 bridgehead atoms. The first-order valence-electron chi connectivity index (χ1n) is 9.29. The Morgan fingerprint density at radius 1 is 1.15 bits per heavy atom. The van der Waals surface area contributed by atoms with Crippen molar-refractivity contribution in [2.45, 2.75) is 64.5 Å². The summed E-state index contributed by atoms with van der Waals surface area (Å²) in [5, 5.41) is 2.78. The summed E-state index contributed by atoms with van der Waals surface area (Å²) in [6.07, 6.45) is 7.19. The first-order valence-corrected chi connectivity index (χ1v) is 11.1. The Balaban J connectivity index is 2.00. The third-order valence-electron chi connectivity index (χ3n) is 4.47. The zero-order valence-electron chi connectivity index (χ0n) is 15.9. The molecule has 0 aromatic heterocycles. The molecule has 0 heterocycles. The van der Waals surface area contributed by atoms with Gasteiger partial charge in [-0.2, -0.15) is 4.31 Å². The van der Waals surface area contributed by atoms with E-state index >= 15 is 0 Å². The Morgan fingerprint density at radius 2 is 1.73 bits per heavy atom. The highest BCUT2D eigenvalue weighted by Crippen LogP contribution is 2.24. The van der Waals surface area contributed by atoms with Crippen molar-refractivity contribution in [3.05, 3.63) is 24.3 Å². The zero-order valence-corrected chi connectivity index (χ0v) is 16.7. The van der Waals surface area contributed by atoms with E-state index in [1.165, 1.54) is 10.6 Å². The molecule has 1 aliphatic carbocycles. The van der Waals surface area contributed by atoms with E-state index in [1.54, 1.807) is 24.3 Å². The Morgan fingerprint density at radius 3 is 2.23 bits per heavy atom. The highest BCUT2D eigenvalue weighted by molar-refractivity contribution is 7.88. The largest absolute Gasteiger partial charge is 0.491 e. The van der Waals surface area contributed by atoms with Gasteiger partial charge in [0.15, 0.2) is 0 Å². The summed E-state index contributed by atoms with van der Waals surface area (Å²) in [4.78, 5) is 12.4. The number of hydrogen-bond acceptors (Lipinski definition) is 4. The quantitative estimate of drug-likeness (QED) is 0.734. The van der Waals surface area contributed by atoms with E-state index in [2.05, 4.69) is 5.32 Å². The van der Waals surface area contributed by atoms with E-state index in [9.17, 15) is 13.2 Å². The van der Waals surface area contributed by atoms with E-state index in [0.717, 1.165) is 44.3 Å². The Kier molecular flexibility index (Phi) is 7.46. The summed E-state index contributed by atoms with van der Waals surface area (Å²) in [6.45, 7) is 3.75. The van der Waals surface area contributed by atoms with Gasteiger partial charge < -0.3 is 10.1 Å². The number of carbonyl (C=O) groups is 1. The SMILES string of the molecule is CC(C)Oc1ccc(NC(=O)CN(C2CCCCCC2)S(C)(=O)=O)cc1. The van der Waals surface area contributed by atoms with E-state index in [0.29, 0.717) is 5.69 Å². The van der Waals surface area contributed by atoms with Crippen LogP contribution in [0.2, 0.25) is 0 Å². The molecule has 0 aliphatic heterocycles. The van der Waals surface area contributed by atoms with Crippen LogP contribution in [-0.4, -0.2) is 43.6 Å². The summed E-state index contributed by atoms with van der Waals surface area (Å²) in [5.41, 5.74) is 0.625. The molecule has 26 heavy (non-hydrogen) atoms. The molecule has 0 radical (unpaired) electrons. The van der Waals surface area contributed by atoms with Crippen LogP contribution in [0, 0.1) is 0 Å². The predicted molar refractivity (Wildman–Crippen MR) is 104 cm³/mol. The molecule has 1 amide bonds. The highest BCUT2D eigenvalue weighted by atomic mass is 32.2. The Bertz CT molecular complexity index is 678. The smallest absolute Gasteiger partial charge is 0.239 e. The molecule has 7 heteroatoms. The molecule has 1 aromatic carbocycles. The van der Waals surface area contributed by atoms with Crippen LogP contribution in [0.4, 0.5) is 5.69 Å². The number of rotatable bonds is 7. The standard InChI is InChI=1S/C19H30N2O4S/c1-15(2)25-18-12-10-16(11-13-18)20-19(22)14-21(26(3,23)24)17-8-6-4-5-7-9-17/h10-13,15,17H,4-9,14H2,1-3H3,(H,20,22). The molecule has 6 nitrogen and oxygen atoms in total. The maximum atomic E-state index is 12.4. The molecule has 2 rings (SSSR count). The Hall–Kier alpha value is -1.60. The van der Waals surface area contributed by atoms with Crippen LogP contribution in [0.5, 0.6) is 5.75 Å². The Labute approximate surface area is 157 Å². The second-order valence-electron chi connectivity index (χ2n) is 7.19. The monoisotopic (exact) mass is 382 g/mol. The van der Waals surface area contributed by atoms with Gasteiger partial charge in [-0.15, -0.1) is 0 Å². The summed E-state index contributed by atoms with van der Waals surface area (Å²) < 4.78 is 31.4. The first-order chi connectivity index (χ1) is 12.3. The summed E-state index contributed by atoms with van der Waals surface area (Å²) >= 11 is 0. The van der Waals surface area contributed by atoms with Gasteiger partial charge in [0.2, 0.25) is 15.9 Å². The number of benzene rings is 1. The number of amides is 1. The number of sulfonamides is 1. The molecular formula is C19H30N2O4S. The third-order valence-corrected chi connectivity index (χ3v) is 5.75. The van der Waals surface area contributed by atoms with Crippen LogP contribution < -0.4 is 10.1 Å². The van der Waals surface area contributed by atoms with Crippen molar-refractivity contribution in [1.82, 2.24) is 4.31 Å². The second-order valence-corrected chi connectivity index (χ2v) is 9.13. The van der Waals surface area contributed by atoms with Gasteiger partial charge in [0.25, 0.3) is 0 Å². The van der Waals surface area contributed by atoms with Gasteiger partial charge in [0, 0.05) is 11.7 Å². The maximum Gasteiger partial charge on any atom is 0.239 e. The number of ether oxygens (including phenoxy) is 1. The fraction of sp³-hybridized carbons (Fsp3) is 0.632. The normalized spacial score (nSPS) is 16.5. The van der Waals surface area contributed by atoms with Gasteiger partial charge in [-0.25, -0.2) is 8.42 Å². The van der Waals surface area contributed by atoms with Crippen molar-refractivity contribution < 1.29 is 17.9 Å². The number of carbonyl (C=O) groups excluding carboxylic acids is 1. The van der Waals surface area contributed by atoms with Crippen LogP contribution >= 0.6 is 0 Å². The van der Waals surface area contributed by atoms with Gasteiger partial charge in [-0.05, 0) is 51.0 Å². The van der Waals surface area contributed by atoms with Crippen molar-refractivity contribution in [3.8, 4) is 5.75 Å². The van der Waals surface area contributed by atoms with Gasteiger partial charge >= 0.3 is 0 Å². The van der Waals surface area contributed by atoms with Crippen LogP contribution in [0.25, 0.3) is 0 Å². The molecule has 1 fully saturated rings. The molecule has 1 saturated carbocycles. The minimum Gasteiger partial charge on any atom is -0.491 e. The summed E-state index contributed by atoms with van der Waals surface area (Å²) in [7, 11) is -3.44. The fourth-order valence-electron chi connectivity index (χ4n) is 3.29. The summed E-state index contributed by atoms with van der Waals surface area (Å²) in [6, 6.07) is 7.00. The molecule has 0 saturated heterocycles. The molecule has 0 unspecified atom stereocenters. The van der Waals surface area contributed by atoms with E-state index < -0.39 is 10.0 Å². The molecule has 0 atom stereocenters. The van der Waals surface area contributed by atoms with Crippen molar-refractivity contribution in [3.63, 3.8) is 0 Å². The number of nitrogens with one attached hydrogen (secondary N) is 1. The van der Waals surface area contributed by atoms with Crippen LogP contribution in [-0.2, 0) is 14.8 Å². The van der Waals surface area contributed by atoms with Crippen molar-refractivity contribution >= 4 is 21.6 Å². The molecular weight excluding hydrogens is 352 g/mol. The van der Waals surface area contributed by atoms with Gasteiger partial charge in [0.05, 0.1) is 18.9 Å². The minimum absolute atomic E-state index is 0.0818. The van der Waals surface area contributed by atoms with Crippen LogP contribution in [0.3, 0.4) is 0 Å². The van der Waals surface area contributed by atoms with Crippen LogP contribution in [0.1, 0.15) is 52.4 Å².